The lowest BCUT2D eigenvalue weighted by Gasteiger charge is -2.19. The van der Waals surface area contributed by atoms with E-state index in [1.807, 2.05) is 6.07 Å². The van der Waals surface area contributed by atoms with Crippen molar-refractivity contribution < 1.29 is 4.74 Å². The predicted molar refractivity (Wildman–Crippen MR) is 72.2 cm³/mol. The highest BCUT2D eigenvalue weighted by atomic mass is 35.5. The Labute approximate surface area is 112 Å². The van der Waals surface area contributed by atoms with E-state index in [9.17, 15) is 0 Å². The van der Waals surface area contributed by atoms with Gasteiger partial charge in [0, 0.05) is 10.6 Å². The lowest BCUT2D eigenvalue weighted by Crippen LogP contribution is -2.31. The van der Waals surface area contributed by atoms with Crippen LogP contribution in [0.3, 0.4) is 0 Å². The molecule has 1 N–H and O–H groups in total. The van der Waals surface area contributed by atoms with Gasteiger partial charge in [0.1, 0.15) is 11.9 Å². The summed E-state index contributed by atoms with van der Waals surface area (Å²) >= 11 is 12.4. The fourth-order valence-electron chi connectivity index (χ4n) is 2.22. The third-order valence-electron chi connectivity index (χ3n) is 3.06. The summed E-state index contributed by atoms with van der Waals surface area (Å²) in [6.07, 6.45) is 2.14. The van der Waals surface area contributed by atoms with Gasteiger partial charge in [-0.2, -0.15) is 0 Å². The largest absolute Gasteiger partial charge is 0.486 e. The van der Waals surface area contributed by atoms with Gasteiger partial charge in [-0.25, -0.2) is 0 Å². The van der Waals surface area contributed by atoms with Crippen molar-refractivity contribution in [2.24, 2.45) is 0 Å². The van der Waals surface area contributed by atoms with Gasteiger partial charge >= 0.3 is 0 Å². The normalized spacial score (nSPS) is 22.4. The maximum Gasteiger partial charge on any atom is 0.144 e. The van der Waals surface area contributed by atoms with Gasteiger partial charge < -0.3 is 10.1 Å². The van der Waals surface area contributed by atoms with Gasteiger partial charge in [0.05, 0.1) is 11.1 Å². The Balaban J connectivity index is 2.36. The first-order chi connectivity index (χ1) is 8.19. The number of nitrogens with one attached hydrogen (secondary N) is 1. The van der Waals surface area contributed by atoms with Crippen LogP contribution >= 0.6 is 23.2 Å². The van der Waals surface area contributed by atoms with E-state index >= 15 is 0 Å². The highest BCUT2D eigenvalue weighted by molar-refractivity contribution is 6.35. The Morgan fingerprint density at radius 2 is 1.94 bits per heavy atom. The number of rotatable bonds is 4. The minimum Gasteiger partial charge on any atom is -0.486 e. The van der Waals surface area contributed by atoms with Crippen molar-refractivity contribution in [1.29, 1.82) is 0 Å². The van der Waals surface area contributed by atoms with Crippen molar-refractivity contribution in [2.45, 2.75) is 38.8 Å². The second-order valence-electron chi connectivity index (χ2n) is 4.27. The van der Waals surface area contributed by atoms with E-state index < -0.39 is 0 Å². The second kappa shape index (κ2) is 5.47. The van der Waals surface area contributed by atoms with E-state index in [2.05, 4.69) is 19.2 Å². The summed E-state index contributed by atoms with van der Waals surface area (Å²) in [6.45, 7) is 5.20. The third-order valence-corrected chi connectivity index (χ3v) is 3.69. The highest BCUT2D eigenvalue weighted by Gasteiger charge is 2.36. The van der Waals surface area contributed by atoms with Crippen LogP contribution in [0.2, 0.25) is 10.0 Å². The monoisotopic (exact) mass is 273 g/mol. The van der Waals surface area contributed by atoms with Crippen LogP contribution < -0.4 is 10.1 Å². The molecule has 2 nitrogen and oxygen atoms in total. The Morgan fingerprint density at radius 1 is 1.24 bits per heavy atom. The average molecular weight is 274 g/mol. The molecule has 0 fully saturated rings. The number of benzene rings is 1. The molecule has 0 aromatic heterocycles. The summed E-state index contributed by atoms with van der Waals surface area (Å²) < 4.78 is 5.90. The van der Waals surface area contributed by atoms with Crippen molar-refractivity contribution in [3.05, 3.63) is 27.7 Å². The topological polar surface area (TPSA) is 21.3 Å². The lowest BCUT2D eigenvalue weighted by molar-refractivity contribution is 0.185. The molecule has 0 aliphatic carbocycles. The molecule has 0 bridgehead atoms. The summed E-state index contributed by atoms with van der Waals surface area (Å²) in [5.74, 6) is 0.750. The Bertz CT molecular complexity index is 409. The van der Waals surface area contributed by atoms with Crippen LogP contribution in [-0.2, 0) is 0 Å². The fourth-order valence-corrected chi connectivity index (χ4v) is 2.69. The molecule has 0 amide bonds. The summed E-state index contributed by atoms with van der Waals surface area (Å²) in [5.41, 5.74) is 1.01. The molecule has 0 saturated heterocycles. The quantitative estimate of drug-likeness (QED) is 0.888. The molecule has 2 unspecified atom stereocenters. The van der Waals surface area contributed by atoms with Crippen LogP contribution in [0.5, 0.6) is 5.75 Å². The van der Waals surface area contributed by atoms with Crippen LogP contribution in [0, 0.1) is 0 Å². The van der Waals surface area contributed by atoms with Crippen LogP contribution in [0.4, 0.5) is 0 Å². The SMILES string of the molecule is CCCNC1c2c(Cl)ccc(Cl)c2OC1CC. The van der Waals surface area contributed by atoms with Crippen LogP contribution in [0.15, 0.2) is 12.1 Å². The van der Waals surface area contributed by atoms with Crippen LogP contribution in [-0.4, -0.2) is 12.6 Å². The van der Waals surface area contributed by atoms with Crippen molar-refractivity contribution in [2.75, 3.05) is 6.54 Å². The molecule has 94 valence electrons. The predicted octanol–water partition coefficient (Wildman–Crippen LogP) is 4.21. The molecular weight excluding hydrogens is 257 g/mol. The number of hydrogen-bond acceptors (Lipinski definition) is 2. The van der Waals surface area contributed by atoms with Crippen molar-refractivity contribution in [1.82, 2.24) is 5.32 Å². The van der Waals surface area contributed by atoms with E-state index in [1.165, 1.54) is 0 Å². The first-order valence-corrected chi connectivity index (χ1v) is 6.82. The first kappa shape index (κ1) is 13.0. The Morgan fingerprint density at radius 3 is 2.59 bits per heavy atom. The molecule has 1 aliphatic rings. The Hall–Kier alpha value is -0.440. The molecule has 2 atom stereocenters. The molecule has 17 heavy (non-hydrogen) atoms. The van der Waals surface area contributed by atoms with Gasteiger partial charge in [-0.15, -0.1) is 0 Å². The van der Waals surface area contributed by atoms with Crippen LogP contribution in [0.25, 0.3) is 0 Å². The standard InChI is InChI=1S/C13H17Cl2NO/c1-3-7-16-12-10(4-2)17-13-9(15)6-5-8(14)11(12)13/h5-6,10,12,16H,3-4,7H2,1-2H3. The van der Waals surface area contributed by atoms with Gasteiger partial charge in [0.2, 0.25) is 0 Å². The third kappa shape index (κ3) is 2.40. The molecule has 1 aromatic carbocycles. The van der Waals surface area contributed by atoms with Crippen molar-refractivity contribution >= 4 is 23.2 Å². The number of fused-ring (bicyclic) bond motifs is 1. The minimum atomic E-state index is 0.119. The average Bonchev–Trinajstić information content (AvgIpc) is 2.71. The Kier molecular flexibility index (Phi) is 4.18. The molecular formula is C13H17Cl2NO. The van der Waals surface area contributed by atoms with E-state index in [0.717, 1.165) is 35.7 Å². The highest BCUT2D eigenvalue weighted by Crippen LogP contribution is 2.46. The van der Waals surface area contributed by atoms with E-state index in [4.69, 9.17) is 27.9 Å². The van der Waals surface area contributed by atoms with Gasteiger partial charge in [-0.1, -0.05) is 37.0 Å². The molecule has 1 aromatic rings. The van der Waals surface area contributed by atoms with Gasteiger partial charge in [0.15, 0.2) is 0 Å². The second-order valence-corrected chi connectivity index (χ2v) is 5.08. The zero-order chi connectivity index (χ0) is 12.4. The number of halogens is 2. The minimum absolute atomic E-state index is 0.119. The molecule has 1 heterocycles. The smallest absolute Gasteiger partial charge is 0.144 e. The van der Waals surface area contributed by atoms with E-state index in [1.54, 1.807) is 6.07 Å². The molecule has 0 saturated carbocycles. The molecule has 1 aliphatic heterocycles. The maximum absolute atomic E-state index is 6.26. The summed E-state index contributed by atoms with van der Waals surface area (Å²) in [7, 11) is 0. The summed E-state index contributed by atoms with van der Waals surface area (Å²) in [4.78, 5) is 0. The van der Waals surface area contributed by atoms with Gasteiger partial charge in [-0.3, -0.25) is 0 Å². The summed E-state index contributed by atoms with van der Waals surface area (Å²) in [6, 6.07) is 3.78. The molecule has 4 heteroatoms. The summed E-state index contributed by atoms with van der Waals surface area (Å²) in [5, 5.41) is 4.86. The van der Waals surface area contributed by atoms with Gasteiger partial charge in [-0.05, 0) is 31.5 Å². The van der Waals surface area contributed by atoms with Gasteiger partial charge in [0.25, 0.3) is 0 Å². The number of ether oxygens (including phenoxy) is 1. The van der Waals surface area contributed by atoms with Crippen molar-refractivity contribution in [3.8, 4) is 5.75 Å². The maximum atomic E-state index is 6.26. The van der Waals surface area contributed by atoms with Crippen molar-refractivity contribution in [3.63, 3.8) is 0 Å². The molecule has 0 radical (unpaired) electrons. The zero-order valence-corrected chi connectivity index (χ0v) is 11.6. The molecule has 2 rings (SSSR count). The first-order valence-electron chi connectivity index (χ1n) is 6.07. The lowest BCUT2D eigenvalue weighted by atomic mass is 10.0. The van der Waals surface area contributed by atoms with E-state index in [-0.39, 0.29) is 12.1 Å². The van der Waals surface area contributed by atoms with Crippen LogP contribution in [0.1, 0.15) is 38.3 Å². The number of hydrogen-bond donors (Lipinski definition) is 1. The fraction of sp³-hybridized carbons (Fsp3) is 0.538. The zero-order valence-electron chi connectivity index (χ0n) is 10.1. The molecule has 0 spiro atoms. The van der Waals surface area contributed by atoms with E-state index in [0.29, 0.717) is 5.02 Å².